The Morgan fingerprint density at radius 1 is 1.24 bits per heavy atom. The van der Waals surface area contributed by atoms with Gasteiger partial charge in [0.25, 0.3) is 5.91 Å². The Morgan fingerprint density at radius 2 is 2.07 bits per heavy atom. The van der Waals surface area contributed by atoms with Gasteiger partial charge in [0.2, 0.25) is 5.13 Å². The van der Waals surface area contributed by atoms with Crippen LogP contribution in [0, 0.1) is 6.92 Å². The number of amidine groups is 1. The molecule has 0 radical (unpaired) electrons. The summed E-state index contributed by atoms with van der Waals surface area (Å²) < 4.78 is 11.2. The molecule has 1 aliphatic heterocycles. The molecule has 0 atom stereocenters. The molecule has 154 valence electrons. The van der Waals surface area contributed by atoms with Crippen LogP contribution in [0.2, 0.25) is 0 Å². The molecule has 0 aliphatic carbocycles. The van der Waals surface area contributed by atoms with Crippen molar-refractivity contribution in [3.8, 4) is 11.5 Å². The average molecular weight is 433 g/mol. The van der Waals surface area contributed by atoms with E-state index < -0.39 is 0 Å². The van der Waals surface area contributed by atoms with Crippen LogP contribution in [0.1, 0.15) is 37.3 Å². The third-order valence-electron chi connectivity index (χ3n) is 4.15. The van der Waals surface area contributed by atoms with Crippen molar-refractivity contribution in [2.24, 2.45) is 4.99 Å². The van der Waals surface area contributed by atoms with Crippen LogP contribution in [0.15, 0.2) is 28.1 Å². The van der Waals surface area contributed by atoms with Gasteiger partial charge in [-0.15, -0.1) is 10.2 Å². The van der Waals surface area contributed by atoms with E-state index in [1.165, 1.54) is 23.1 Å². The van der Waals surface area contributed by atoms with E-state index in [4.69, 9.17) is 9.47 Å². The van der Waals surface area contributed by atoms with Gasteiger partial charge in [-0.3, -0.25) is 9.69 Å². The van der Waals surface area contributed by atoms with Crippen LogP contribution in [-0.4, -0.2) is 46.4 Å². The fourth-order valence-corrected chi connectivity index (χ4v) is 4.32. The minimum absolute atomic E-state index is 0.0697. The Hall–Kier alpha value is -2.39. The summed E-state index contributed by atoms with van der Waals surface area (Å²) in [5, 5.41) is 10.0. The Balaban J connectivity index is 1.84. The molecule has 2 heterocycles. The third-order valence-corrected chi connectivity index (χ3v) is 5.89. The van der Waals surface area contributed by atoms with Crippen molar-refractivity contribution in [3.63, 3.8) is 0 Å². The molecule has 0 N–H and O–H groups in total. The van der Waals surface area contributed by atoms with Gasteiger partial charge in [-0.25, -0.2) is 0 Å². The molecule has 1 amide bonds. The van der Waals surface area contributed by atoms with Gasteiger partial charge in [0.1, 0.15) is 5.01 Å². The van der Waals surface area contributed by atoms with Crippen molar-refractivity contribution >= 4 is 45.4 Å². The van der Waals surface area contributed by atoms with Crippen LogP contribution in [0.25, 0.3) is 6.08 Å². The first-order chi connectivity index (χ1) is 14.0. The highest BCUT2D eigenvalue weighted by Gasteiger charge is 2.32. The van der Waals surface area contributed by atoms with Crippen LogP contribution in [0.3, 0.4) is 0 Å². The first kappa shape index (κ1) is 21.3. The Kier molecular flexibility index (Phi) is 7.27. The number of hydrogen-bond donors (Lipinski definition) is 0. The van der Waals surface area contributed by atoms with Crippen molar-refractivity contribution in [2.75, 3.05) is 20.3 Å². The lowest BCUT2D eigenvalue weighted by atomic mass is 10.2. The summed E-state index contributed by atoms with van der Waals surface area (Å²) in [5.74, 6) is 1.29. The monoisotopic (exact) mass is 432 g/mol. The number of hydrogen-bond acceptors (Lipinski definition) is 8. The number of amides is 1. The predicted molar refractivity (Wildman–Crippen MR) is 118 cm³/mol. The fourth-order valence-electron chi connectivity index (χ4n) is 2.65. The summed E-state index contributed by atoms with van der Waals surface area (Å²) >= 11 is 2.74. The van der Waals surface area contributed by atoms with Crippen LogP contribution < -0.4 is 9.47 Å². The lowest BCUT2D eigenvalue weighted by Crippen LogP contribution is -2.28. The molecule has 29 heavy (non-hydrogen) atoms. The van der Waals surface area contributed by atoms with Crippen LogP contribution in [-0.2, 0) is 4.79 Å². The number of aryl methyl sites for hydroxylation is 1. The molecule has 9 heteroatoms. The average Bonchev–Trinajstić information content (AvgIpc) is 3.25. The van der Waals surface area contributed by atoms with Gasteiger partial charge in [-0.2, -0.15) is 4.99 Å². The Labute approximate surface area is 178 Å². The van der Waals surface area contributed by atoms with Crippen molar-refractivity contribution in [1.29, 1.82) is 0 Å². The summed E-state index contributed by atoms with van der Waals surface area (Å²) in [7, 11) is 1.61. The second kappa shape index (κ2) is 9.89. The number of unbranched alkanes of at least 4 members (excludes halogenated alkanes) is 1. The molecule has 0 unspecified atom stereocenters. The zero-order valence-electron chi connectivity index (χ0n) is 17.0. The maximum Gasteiger partial charge on any atom is 0.266 e. The molecular weight excluding hydrogens is 408 g/mol. The lowest BCUT2D eigenvalue weighted by Gasteiger charge is -2.11. The summed E-state index contributed by atoms with van der Waals surface area (Å²) in [6, 6.07) is 5.67. The van der Waals surface area contributed by atoms with Crippen LogP contribution >= 0.6 is 23.1 Å². The molecule has 1 saturated heterocycles. The standard InChI is InChI=1S/C20H24N4O3S2/c1-5-7-10-27-15-9-8-14(11-16(15)26-4)12-17-18(25)24(6-2)20(29-17)21-19-23-22-13(3)28-19/h8-9,11-12H,5-7,10H2,1-4H3/b17-12-,21-20+. The van der Waals surface area contributed by atoms with E-state index in [0.29, 0.717) is 39.9 Å². The van der Waals surface area contributed by atoms with E-state index in [1.807, 2.05) is 38.1 Å². The highest BCUT2D eigenvalue weighted by Crippen LogP contribution is 2.36. The third kappa shape index (κ3) is 5.16. The summed E-state index contributed by atoms with van der Waals surface area (Å²) in [6.07, 6.45) is 3.91. The molecule has 2 aromatic rings. The number of benzene rings is 1. The zero-order valence-corrected chi connectivity index (χ0v) is 18.6. The lowest BCUT2D eigenvalue weighted by molar-refractivity contribution is -0.122. The molecule has 1 aliphatic rings. The molecular formula is C20H24N4O3S2. The van der Waals surface area contributed by atoms with E-state index >= 15 is 0 Å². The van der Waals surface area contributed by atoms with Crippen molar-refractivity contribution in [3.05, 3.63) is 33.7 Å². The number of nitrogens with zero attached hydrogens (tertiary/aromatic N) is 4. The maximum atomic E-state index is 12.8. The second-order valence-corrected chi connectivity index (χ2v) is 8.44. The van der Waals surface area contributed by atoms with E-state index in [2.05, 4.69) is 22.1 Å². The van der Waals surface area contributed by atoms with Crippen LogP contribution in [0.5, 0.6) is 11.5 Å². The Bertz CT molecular complexity index is 940. The SMILES string of the molecule is CCCCOc1ccc(/C=C2\S/C(=N/c3nnc(C)s3)N(CC)C2=O)cc1OC. The van der Waals surface area contributed by atoms with Gasteiger partial charge in [-0.05, 0) is 55.8 Å². The number of rotatable bonds is 8. The largest absolute Gasteiger partial charge is 0.493 e. The van der Waals surface area contributed by atoms with Crippen molar-refractivity contribution in [1.82, 2.24) is 15.1 Å². The minimum Gasteiger partial charge on any atom is -0.493 e. The number of thioether (sulfide) groups is 1. The topological polar surface area (TPSA) is 76.9 Å². The fraction of sp³-hybridized carbons (Fsp3) is 0.400. The molecule has 0 spiro atoms. The Morgan fingerprint density at radius 3 is 2.72 bits per heavy atom. The molecule has 1 fully saturated rings. The number of likely N-dealkylation sites (N-methyl/N-ethyl adjacent to an activating group) is 1. The van der Waals surface area contributed by atoms with Crippen LogP contribution in [0.4, 0.5) is 5.13 Å². The minimum atomic E-state index is -0.0697. The molecule has 0 bridgehead atoms. The predicted octanol–water partition coefficient (Wildman–Crippen LogP) is 4.66. The molecule has 1 aromatic carbocycles. The highest BCUT2D eigenvalue weighted by molar-refractivity contribution is 8.18. The molecule has 3 rings (SSSR count). The van der Waals surface area contributed by atoms with Gasteiger partial charge < -0.3 is 9.47 Å². The normalized spacial score (nSPS) is 16.8. The van der Waals surface area contributed by atoms with Gasteiger partial charge >= 0.3 is 0 Å². The first-order valence-electron chi connectivity index (χ1n) is 9.46. The van der Waals surface area contributed by atoms with E-state index in [-0.39, 0.29) is 5.91 Å². The molecule has 0 saturated carbocycles. The van der Waals surface area contributed by atoms with E-state index in [0.717, 1.165) is 23.4 Å². The first-order valence-corrected chi connectivity index (χ1v) is 11.1. The van der Waals surface area contributed by atoms with Gasteiger partial charge in [0.15, 0.2) is 16.7 Å². The van der Waals surface area contributed by atoms with Crippen molar-refractivity contribution in [2.45, 2.75) is 33.6 Å². The second-order valence-electron chi connectivity index (χ2n) is 6.27. The molecule has 7 nitrogen and oxygen atoms in total. The number of aliphatic imine (C=N–C) groups is 1. The summed E-state index contributed by atoms with van der Waals surface area (Å²) in [6.45, 7) is 7.11. The number of carbonyl (C=O) groups excluding carboxylic acids is 1. The maximum absolute atomic E-state index is 12.8. The number of carbonyl (C=O) groups is 1. The number of ether oxygens (including phenoxy) is 2. The zero-order chi connectivity index (χ0) is 20.8. The van der Waals surface area contributed by atoms with Gasteiger partial charge in [-0.1, -0.05) is 30.7 Å². The van der Waals surface area contributed by atoms with E-state index in [9.17, 15) is 4.79 Å². The number of aromatic nitrogens is 2. The van der Waals surface area contributed by atoms with Gasteiger partial charge in [0.05, 0.1) is 18.6 Å². The quantitative estimate of drug-likeness (QED) is 0.446. The van der Waals surface area contributed by atoms with Gasteiger partial charge in [0, 0.05) is 6.54 Å². The molecule has 1 aromatic heterocycles. The smallest absolute Gasteiger partial charge is 0.266 e. The summed E-state index contributed by atoms with van der Waals surface area (Å²) in [4.78, 5) is 19.6. The summed E-state index contributed by atoms with van der Waals surface area (Å²) in [5.41, 5.74) is 0.865. The van der Waals surface area contributed by atoms with Crippen molar-refractivity contribution < 1.29 is 14.3 Å². The van der Waals surface area contributed by atoms with E-state index in [1.54, 1.807) is 12.0 Å². The number of methoxy groups -OCH3 is 1. The highest BCUT2D eigenvalue weighted by atomic mass is 32.2.